The number of hydrogen-bond acceptors (Lipinski definition) is 3. The highest BCUT2D eigenvalue weighted by Gasteiger charge is 2.13. The Kier molecular flexibility index (Phi) is 8.82. The van der Waals surface area contributed by atoms with Crippen molar-refractivity contribution < 1.29 is 14.6 Å². The number of aromatic carboxylic acids is 1. The molecule has 0 unspecified atom stereocenters. The van der Waals surface area contributed by atoms with Crippen LogP contribution >= 0.6 is 0 Å². The summed E-state index contributed by atoms with van der Waals surface area (Å²) >= 11 is 0. The van der Waals surface area contributed by atoms with Gasteiger partial charge in [-0.25, -0.2) is 4.79 Å². The molecule has 0 radical (unpaired) electrons. The molecule has 6 heteroatoms. The molecule has 0 amide bonds. The van der Waals surface area contributed by atoms with Gasteiger partial charge in [-0.2, -0.15) is 0 Å². The van der Waals surface area contributed by atoms with Crippen LogP contribution in [0.1, 0.15) is 87.2 Å². The Bertz CT molecular complexity index is 1280. The van der Waals surface area contributed by atoms with Gasteiger partial charge in [-0.1, -0.05) is 58.3 Å². The first-order chi connectivity index (χ1) is 17.6. The normalized spacial score (nSPS) is 14.2. The molecular formula is C30H37N3O3. The van der Waals surface area contributed by atoms with Crippen LogP contribution in [-0.2, 0) is 0 Å². The molecule has 1 aromatic carbocycles. The van der Waals surface area contributed by atoms with E-state index in [9.17, 15) is 9.90 Å². The molecule has 6 nitrogen and oxygen atoms in total. The number of carbonyl (C=O) groups is 1. The van der Waals surface area contributed by atoms with E-state index in [0.717, 1.165) is 51.6 Å². The maximum Gasteiger partial charge on any atom is 0.335 e. The molecule has 4 rings (SSSR count). The number of allylic oxidation sites excluding steroid dienone is 2. The average Bonchev–Trinajstić information content (AvgIpc) is 3.60. The minimum absolute atomic E-state index is 0.270. The number of nitrogens with one attached hydrogen (secondary N) is 2. The standard InChI is InChI=1S/C30H37N3O3/c1-3-4-5-6-7-8-9-10-11-12-23-14-15-24(31-23)19-28-29(36-2)20-27(33-28)26-18-22-17-21(30(34)35)13-16-25(22)32-26/h13-20,32-33H,3-12H2,1-2H3,(H,34,35). The fourth-order valence-corrected chi connectivity index (χ4v) is 4.69. The van der Waals surface area contributed by atoms with Gasteiger partial charge in [-0.05, 0) is 55.3 Å². The molecule has 1 aliphatic heterocycles. The van der Waals surface area contributed by atoms with Gasteiger partial charge in [0.2, 0.25) is 0 Å². The highest BCUT2D eigenvalue weighted by atomic mass is 16.5. The lowest BCUT2D eigenvalue weighted by molar-refractivity contribution is 0.0697. The van der Waals surface area contributed by atoms with Crippen LogP contribution in [0.15, 0.2) is 53.2 Å². The lowest BCUT2D eigenvalue weighted by Gasteiger charge is -2.02. The Morgan fingerprint density at radius 3 is 2.39 bits per heavy atom. The largest absolute Gasteiger partial charge is 0.494 e. The number of carboxylic acids is 1. The van der Waals surface area contributed by atoms with Crippen molar-refractivity contribution in [2.75, 3.05) is 7.11 Å². The zero-order chi connectivity index (χ0) is 25.3. The zero-order valence-corrected chi connectivity index (χ0v) is 21.4. The number of unbranched alkanes of at least 4 members (excludes halogenated alkanes) is 8. The molecule has 3 aromatic rings. The molecular weight excluding hydrogens is 450 g/mol. The van der Waals surface area contributed by atoms with Crippen LogP contribution in [0.3, 0.4) is 0 Å². The van der Waals surface area contributed by atoms with Crippen LogP contribution in [0, 0.1) is 0 Å². The van der Waals surface area contributed by atoms with E-state index in [1.54, 1.807) is 25.3 Å². The zero-order valence-electron chi connectivity index (χ0n) is 21.4. The lowest BCUT2D eigenvalue weighted by atomic mass is 10.1. The maximum atomic E-state index is 11.3. The minimum Gasteiger partial charge on any atom is -0.494 e. The van der Waals surface area contributed by atoms with E-state index < -0.39 is 5.97 Å². The van der Waals surface area contributed by atoms with E-state index >= 15 is 0 Å². The van der Waals surface area contributed by atoms with Crippen molar-refractivity contribution >= 4 is 28.7 Å². The van der Waals surface area contributed by atoms with E-state index in [0.29, 0.717) is 0 Å². The van der Waals surface area contributed by atoms with Crippen molar-refractivity contribution in [3.8, 4) is 17.1 Å². The van der Waals surface area contributed by atoms with Crippen molar-refractivity contribution in [3.63, 3.8) is 0 Å². The van der Waals surface area contributed by atoms with E-state index in [2.05, 4.69) is 29.0 Å². The van der Waals surface area contributed by atoms with Gasteiger partial charge in [0.25, 0.3) is 0 Å². The summed E-state index contributed by atoms with van der Waals surface area (Å²) in [7, 11) is 1.66. The van der Waals surface area contributed by atoms with Gasteiger partial charge >= 0.3 is 5.97 Å². The molecule has 2 aromatic heterocycles. The Balaban J connectivity index is 1.35. The number of aliphatic imine (C=N–C) groups is 1. The molecule has 0 spiro atoms. The second-order valence-electron chi connectivity index (χ2n) is 9.54. The third-order valence-corrected chi connectivity index (χ3v) is 6.74. The number of carboxylic acid groups (broad SMARTS) is 1. The Morgan fingerprint density at radius 2 is 1.67 bits per heavy atom. The fraction of sp³-hybridized carbons (Fsp3) is 0.400. The third-order valence-electron chi connectivity index (χ3n) is 6.74. The second-order valence-corrected chi connectivity index (χ2v) is 9.54. The van der Waals surface area contributed by atoms with E-state index in [1.807, 2.05) is 18.2 Å². The number of benzene rings is 1. The first-order valence-corrected chi connectivity index (χ1v) is 13.2. The molecule has 0 saturated carbocycles. The van der Waals surface area contributed by atoms with Crippen molar-refractivity contribution in [1.82, 2.24) is 9.97 Å². The van der Waals surface area contributed by atoms with Crippen LogP contribution in [0.5, 0.6) is 5.75 Å². The van der Waals surface area contributed by atoms with Crippen molar-refractivity contribution in [3.05, 3.63) is 59.4 Å². The topological polar surface area (TPSA) is 90.5 Å². The van der Waals surface area contributed by atoms with E-state index in [1.165, 1.54) is 57.8 Å². The summed E-state index contributed by atoms with van der Waals surface area (Å²) in [6.45, 7) is 2.26. The number of nitrogens with zero attached hydrogens (tertiary/aromatic N) is 1. The molecule has 3 heterocycles. The number of methoxy groups -OCH3 is 1. The molecule has 0 aliphatic carbocycles. The Morgan fingerprint density at radius 1 is 0.944 bits per heavy atom. The van der Waals surface area contributed by atoms with Crippen LogP contribution in [0.4, 0.5) is 0 Å². The summed E-state index contributed by atoms with van der Waals surface area (Å²) in [6, 6.07) is 8.96. The minimum atomic E-state index is -0.933. The number of aromatic nitrogens is 2. The summed E-state index contributed by atoms with van der Waals surface area (Å²) in [5.41, 5.74) is 5.79. The Hall–Kier alpha value is -3.54. The van der Waals surface area contributed by atoms with Crippen molar-refractivity contribution in [1.29, 1.82) is 0 Å². The lowest BCUT2D eigenvalue weighted by Crippen LogP contribution is -1.94. The van der Waals surface area contributed by atoms with E-state index in [4.69, 9.17) is 9.73 Å². The van der Waals surface area contributed by atoms with Gasteiger partial charge in [0.1, 0.15) is 5.75 Å². The quantitative estimate of drug-likeness (QED) is 0.200. The average molecular weight is 488 g/mol. The number of aromatic amines is 2. The van der Waals surface area contributed by atoms with Crippen LogP contribution in [0.25, 0.3) is 28.4 Å². The number of H-pyrrole nitrogens is 2. The van der Waals surface area contributed by atoms with Gasteiger partial charge in [0.05, 0.1) is 35.5 Å². The first-order valence-electron chi connectivity index (χ1n) is 13.2. The number of ether oxygens (including phenoxy) is 1. The molecule has 0 fully saturated rings. The van der Waals surface area contributed by atoms with Crippen LogP contribution in [0.2, 0.25) is 0 Å². The number of hydrogen-bond donors (Lipinski definition) is 3. The maximum absolute atomic E-state index is 11.3. The summed E-state index contributed by atoms with van der Waals surface area (Å²) in [5.74, 6) is -0.198. The summed E-state index contributed by atoms with van der Waals surface area (Å²) in [5, 5.41) is 10.1. The van der Waals surface area contributed by atoms with Crippen LogP contribution < -0.4 is 4.74 Å². The molecule has 190 valence electrons. The highest BCUT2D eigenvalue weighted by molar-refractivity contribution is 5.99. The van der Waals surface area contributed by atoms with E-state index in [-0.39, 0.29) is 5.56 Å². The Labute approximate surface area is 213 Å². The predicted molar refractivity (Wildman–Crippen MR) is 148 cm³/mol. The summed E-state index contributed by atoms with van der Waals surface area (Å²) in [4.78, 5) is 22.9. The molecule has 3 N–H and O–H groups in total. The van der Waals surface area contributed by atoms with Gasteiger partial charge < -0.3 is 19.8 Å². The monoisotopic (exact) mass is 487 g/mol. The third kappa shape index (κ3) is 6.56. The summed E-state index contributed by atoms with van der Waals surface area (Å²) in [6.07, 6.45) is 19.1. The number of rotatable bonds is 14. The van der Waals surface area contributed by atoms with Gasteiger partial charge in [0, 0.05) is 22.7 Å². The molecule has 1 aliphatic rings. The molecule has 0 saturated heterocycles. The van der Waals surface area contributed by atoms with Crippen LogP contribution in [-0.4, -0.2) is 33.9 Å². The van der Waals surface area contributed by atoms with Crippen molar-refractivity contribution in [2.24, 2.45) is 4.99 Å². The SMILES string of the molecule is CCCCCCCCCCCC1=NC(=Cc2[nH]c(-c3cc4cc(C(=O)O)ccc4[nH]3)cc2OC)C=C1. The highest BCUT2D eigenvalue weighted by Crippen LogP contribution is 2.31. The molecule has 36 heavy (non-hydrogen) atoms. The fourth-order valence-electron chi connectivity index (χ4n) is 4.69. The van der Waals surface area contributed by atoms with Gasteiger partial charge in [0.15, 0.2) is 0 Å². The van der Waals surface area contributed by atoms with Crippen molar-refractivity contribution in [2.45, 2.75) is 71.1 Å². The first kappa shape index (κ1) is 25.5. The molecule has 0 atom stereocenters. The molecule has 0 bridgehead atoms. The van der Waals surface area contributed by atoms with Gasteiger partial charge in [-0.15, -0.1) is 0 Å². The smallest absolute Gasteiger partial charge is 0.335 e. The second kappa shape index (κ2) is 12.4. The van der Waals surface area contributed by atoms with Gasteiger partial charge in [-0.3, -0.25) is 4.99 Å². The number of fused-ring (bicyclic) bond motifs is 1. The predicted octanol–water partition coefficient (Wildman–Crippen LogP) is 8.14. The summed E-state index contributed by atoms with van der Waals surface area (Å²) < 4.78 is 5.60.